The largest absolute Gasteiger partial charge is 0.457 e. The van der Waals surface area contributed by atoms with Crippen LogP contribution in [0.3, 0.4) is 0 Å². The van der Waals surface area contributed by atoms with E-state index in [1.165, 1.54) is 7.11 Å². The molecule has 0 radical (unpaired) electrons. The summed E-state index contributed by atoms with van der Waals surface area (Å²) in [6.45, 7) is 0.377. The summed E-state index contributed by atoms with van der Waals surface area (Å²) in [7, 11) is 1.49. The number of rotatable bonds is 5. The monoisotopic (exact) mass is 208 g/mol. The van der Waals surface area contributed by atoms with E-state index in [2.05, 4.69) is 9.47 Å². The predicted octanol–water partition coefficient (Wildman–Crippen LogP) is 1.06. The quantitative estimate of drug-likeness (QED) is 0.314. The van der Waals surface area contributed by atoms with Crippen molar-refractivity contribution >= 4 is 11.8 Å². The third kappa shape index (κ3) is 3.52. The van der Waals surface area contributed by atoms with Gasteiger partial charge in [0.1, 0.15) is 6.61 Å². The average Bonchev–Trinajstić information content (AvgIpc) is 2.29. The Kier molecular flexibility index (Phi) is 4.50. The number of carbonyl (C=O) groups is 2. The van der Waals surface area contributed by atoms with E-state index in [1.54, 1.807) is 30.3 Å². The van der Waals surface area contributed by atoms with Gasteiger partial charge in [0.05, 0.1) is 6.61 Å². The first-order chi connectivity index (χ1) is 7.25. The highest BCUT2D eigenvalue weighted by Gasteiger charge is 2.16. The van der Waals surface area contributed by atoms with Crippen LogP contribution in [0.15, 0.2) is 30.3 Å². The van der Waals surface area contributed by atoms with Crippen LogP contribution in [0.4, 0.5) is 0 Å². The molecule has 80 valence electrons. The van der Waals surface area contributed by atoms with Crippen LogP contribution in [-0.4, -0.2) is 32.1 Å². The average molecular weight is 208 g/mol. The van der Waals surface area contributed by atoms with E-state index in [9.17, 15) is 9.59 Å². The zero-order chi connectivity index (χ0) is 11.1. The molecular weight excluding hydrogens is 196 g/mol. The number of ketones is 1. The summed E-state index contributed by atoms with van der Waals surface area (Å²) in [6, 6.07) is 8.29. The van der Waals surface area contributed by atoms with Crippen molar-refractivity contribution in [3.8, 4) is 0 Å². The number of benzene rings is 1. The van der Waals surface area contributed by atoms with Gasteiger partial charge in [0, 0.05) is 12.7 Å². The second-order valence-electron chi connectivity index (χ2n) is 2.82. The molecule has 0 N–H and O–H groups in total. The lowest BCUT2D eigenvalue weighted by Gasteiger charge is -2.02. The zero-order valence-corrected chi connectivity index (χ0v) is 8.43. The maximum absolute atomic E-state index is 11.4. The Labute approximate surface area is 87.8 Å². The van der Waals surface area contributed by atoms with Gasteiger partial charge in [0.2, 0.25) is 0 Å². The molecule has 0 saturated carbocycles. The highest BCUT2D eigenvalue weighted by Crippen LogP contribution is 2.01. The number of methoxy groups -OCH3 is 1. The molecule has 0 fully saturated rings. The van der Waals surface area contributed by atoms with Gasteiger partial charge in [-0.05, 0) is 0 Å². The van der Waals surface area contributed by atoms with Gasteiger partial charge in [-0.15, -0.1) is 0 Å². The van der Waals surface area contributed by atoms with E-state index in [4.69, 9.17) is 0 Å². The Balaban J connectivity index is 2.50. The van der Waals surface area contributed by atoms with E-state index in [0.29, 0.717) is 5.56 Å². The van der Waals surface area contributed by atoms with Crippen LogP contribution in [0.1, 0.15) is 10.4 Å². The first-order valence-electron chi connectivity index (χ1n) is 4.51. The lowest BCUT2D eigenvalue weighted by molar-refractivity contribution is -0.139. The van der Waals surface area contributed by atoms with Gasteiger partial charge >= 0.3 is 5.97 Å². The van der Waals surface area contributed by atoms with Crippen LogP contribution < -0.4 is 0 Å². The van der Waals surface area contributed by atoms with Crippen LogP contribution in [0.2, 0.25) is 0 Å². The smallest absolute Gasteiger partial charge is 0.379 e. The van der Waals surface area contributed by atoms with Gasteiger partial charge in [-0.1, -0.05) is 30.3 Å². The third-order valence-corrected chi connectivity index (χ3v) is 1.74. The topological polar surface area (TPSA) is 52.6 Å². The molecule has 15 heavy (non-hydrogen) atoms. The Morgan fingerprint density at radius 2 is 1.80 bits per heavy atom. The molecule has 4 heteroatoms. The van der Waals surface area contributed by atoms with Crippen molar-refractivity contribution < 1.29 is 19.1 Å². The van der Waals surface area contributed by atoms with Crippen molar-refractivity contribution in [2.45, 2.75) is 0 Å². The molecule has 0 saturated heterocycles. The number of Topliss-reactive ketones (excluding diaryl/α,β-unsaturated/α-hetero) is 1. The lowest BCUT2D eigenvalue weighted by atomic mass is 10.1. The highest BCUT2D eigenvalue weighted by atomic mass is 16.6. The molecule has 4 nitrogen and oxygen atoms in total. The van der Waals surface area contributed by atoms with Gasteiger partial charge in [0.15, 0.2) is 0 Å². The minimum Gasteiger partial charge on any atom is -0.457 e. The molecule has 0 atom stereocenters. The van der Waals surface area contributed by atoms with Crippen LogP contribution in [-0.2, 0) is 14.3 Å². The zero-order valence-electron chi connectivity index (χ0n) is 8.43. The number of hydrogen-bond donors (Lipinski definition) is 0. The third-order valence-electron chi connectivity index (χ3n) is 1.74. The van der Waals surface area contributed by atoms with E-state index in [0.717, 1.165) is 0 Å². The summed E-state index contributed by atoms with van der Waals surface area (Å²) >= 11 is 0. The van der Waals surface area contributed by atoms with Gasteiger partial charge in [-0.3, -0.25) is 4.79 Å². The van der Waals surface area contributed by atoms with E-state index in [-0.39, 0.29) is 13.2 Å². The predicted molar refractivity (Wildman–Crippen MR) is 53.6 cm³/mol. The normalized spacial score (nSPS) is 9.67. The molecule has 0 aliphatic rings. The Morgan fingerprint density at radius 3 is 2.40 bits per heavy atom. The van der Waals surface area contributed by atoms with Crippen LogP contribution in [0.25, 0.3) is 0 Å². The maximum Gasteiger partial charge on any atom is 0.379 e. The molecular formula is C11H12O4. The molecule has 0 heterocycles. The SMILES string of the molecule is COCCOC(=O)C(=O)c1ccccc1. The Hall–Kier alpha value is -1.68. The molecule has 0 aliphatic heterocycles. The van der Waals surface area contributed by atoms with Crippen LogP contribution in [0, 0.1) is 0 Å². The maximum atomic E-state index is 11.4. The van der Waals surface area contributed by atoms with Crippen molar-refractivity contribution in [3.63, 3.8) is 0 Å². The fraction of sp³-hybridized carbons (Fsp3) is 0.273. The summed E-state index contributed by atoms with van der Waals surface area (Å²) in [6.07, 6.45) is 0. The fourth-order valence-electron chi connectivity index (χ4n) is 0.991. The highest BCUT2D eigenvalue weighted by molar-refractivity contribution is 6.40. The van der Waals surface area contributed by atoms with Crippen molar-refractivity contribution in [2.24, 2.45) is 0 Å². The number of ether oxygens (including phenoxy) is 2. The first kappa shape index (κ1) is 11.4. The molecule has 1 aromatic rings. The van der Waals surface area contributed by atoms with E-state index in [1.807, 2.05) is 0 Å². The molecule has 0 amide bonds. The van der Waals surface area contributed by atoms with Gasteiger partial charge in [-0.2, -0.15) is 0 Å². The van der Waals surface area contributed by atoms with E-state index < -0.39 is 11.8 Å². The summed E-state index contributed by atoms with van der Waals surface area (Å²) in [4.78, 5) is 22.6. The molecule has 1 rings (SSSR count). The fourth-order valence-corrected chi connectivity index (χ4v) is 0.991. The van der Waals surface area contributed by atoms with Crippen LogP contribution >= 0.6 is 0 Å². The first-order valence-corrected chi connectivity index (χ1v) is 4.51. The lowest BCUT2D eigenvalue weighted by Crippen LogP contribution is -2.19. The number of hydrogen-bond acceptors (Lipinski definition) is 4. The second kappa shape index (κ2) is 5.93. The standard InChI is InChI=1S/C11H12O4/c1-14-7-8-15-11(13)10(12)9-5-3-2-4-6-9/h2-6H,7-8H2,1H3. The summed E-state index contributed by atoms with van der Waals surface area (Å²) < 4.78 is 9.37. The molecule has 1 aromatic carbocycles. The molecule has 0 aromatic heterocycles. The molecule has 0 aliphatic carbocycles. The van der Waals surface area contributed by atoms with E-state index >= 15 is 0 Å². The minimum atomic E-state index is -0.849. The van der Waals surface area contributed by atoms with Crippen LogP contribution in [0.5, 0.6) is 0 Å². The van der Waals surface area contributed by atoms with Crippen molar-refractivity contribution in [3.05, 3.63) is 35.9 Å². The Morgan fingerprint density at radius 1 is 1.13 bits per heavy atom. The summed E-state index contributed by atoms with van der Waals surface area (Å²) in [5.41, 5.74) is 0.333. The van der Waals surface area contributed by atoms with Gasteiger partial charge in [0.25, 0.3) is 5.78 Å². The number of esters is 1. The van der Waals surface area contributed by atoms with Crippen molar-refractivity contribution in [1.82, 2.24) is 0 Å². The molecule has 0 unspecified atom stereocenters. The second-order valence-corrected chi connectivity index (χ2v) is 2.82. The van der Waals surface area contributed by atoms with Gasteiger partial charge < -0.3 is 9.47 Å². The molecule has 0 bridgehead atoms. The minimum absolute atomic E-state index is 0.0912. The summed E-state index contributed by atoms with van der Waals surface area (Å²) in [5, 5.41) is 0. The Bertz CT molecular complexity index is 332. The van der Waals surface area contributed by atoms with Crippen molar-refractivity contribution in [1.29, 1.82) is 0 Å². The summed E-state index contributed by atoms with van der Waals surface area (Å²) in [5.74, 6) is -1.48. The number of carbonyl (C=O) groups excluding carboxylic acids is 2. The van der Waals surface area contributed by atoms with Gasteiger partial charge in [-0.25, -0.2) is 4.79 Å². The molecule has 0 spiro atoms. The van der Waals surface area contributed by atoms with Crippen molar-refractivity contribution in [2.75, 3.05) is 20.3 Å².